The monoisotopic (exact) mass is 166 g/mol. The number of rotatable bonds is 4. The van der Waals surface area contributed by atoms with Crippen molar-refractivity contribution in [3.8, 4) is 0 Å². The van der Waals surface area contributed by atoms with Crippen molar-refractivity contribution in [3.05, 3.63) is 0 Å². The van der Waals surface area contributed by atoms with Crippen molar-refractivity contribution >= 4 is 0 Å². The van der Waals surface area contributed by atoms with Gasteiger partial charge in [0.05, 0.1) is 13.2 Å². The van der Waals surface area contributed by atoms with E-state index >= 15 is 0 Å². The zero-order valence-corrected chi connectivity index (χ0v) is 6.30. The lowest BCUT2D eigenvalue weighted by Crippen LogP contribution is -2.50. The molecule has 0 fully saturated rings. The first-order valence-corrected chi connectivity index (χ1v) is 3.26. The van der Waals surface area contributed by atoms with Gasteiger partial charge in [0, 0.05) is 0 Å². The molecular formula is C6H14O5. The van der Waals surface area contributed by atoms with Crippen molar-refractivity contribution in [1.82, 2.24) is 0 Å². The molecule has 0 aromatic rings. The van der Waals surface area contributed by atoms with Gasteiger partial charge in [-0.25, -0.2) is 0 Å². The van der Waals surface area contributed by atoms with Crippen LogP contribution in [-0.2, 0) is 0 Å². The average molecular weight is 166 g/mol. The summed E-state index contributed by atoms with van der Waals surface area (Å²) in [6.07, 6.45) is -2.98. The molecule has 0 aliphatic rings. The predicted octanol–water partition coefficient (Wildman–Crippen LogP) is -2.56. The predicted molar refractivity (Wildman–Crippen MR) is 36.8 cm³/mol. The topological polar surface area (TPSA) is 101 Å². The number of aliphatic hydroxyl groups is 5. The van der Waals surface area contributed by atoms with Crippen LogP contribution in [0.3, 0.4) is 0 Å². The van der Waals surface area contributed by atoms with Gasteiger partial charge in [0.1, 0.15) is 17.8 Å². The molecule has 0 saturated heterocycles. The summed E-state index contributed by atoms with van der Waals surface area (Å²) >= 11 is 0. The Morgan fingerprint density at radius 1 is 1.27 bits per heavy atom. The van der Waals surface area contributed by atoms with Gasteiger partial charge in [-0.3, -0.25) is 0 Å². The quantitative estimate of drug-likeness (QED) is 0.316. The smallest absolute Gasteiger partial charge is 0.113 e. The maximum Gasteiger partial charge on any atom is 0.113 e. The minimum absolute atomic E-state index is 0.655. The van der Waals surface area contributed by atoms with Gasteiger partial charge in [-0.1, -0.05) is 0 Å². The molecule has 0 spiro atoms. The molecule has 0 saturated carbocycles. The van der Waals surface area contributed by atoms with E-state index in [1.54, 1.807) is 0 Å². The Kier molecular flexibility index (Phi) is 3.91. The molecule has 0 aliphatic carbocycles. The van der Waals surface area contributed by atoms with Crippen LogP contribution in [0.4, 0.5) is 0 Å². The van der Waals surface area contributed by atoms with Crippen molar-refractivity contribution in [3.63, 3.8) is 0 Å². The number of hydrogen-bond donors (Lipinski definition) is 5. The molecule has 0 amide bonds. The van der Waals surface area contributed by atoms with E-state index < -0.39 is 31.0 Å². The van der Waals surface area contributed by atoms with Crippen LogP contribution in [0.15, 0.2) is 0 Å². The van der Waals surface area contributed by atoms with Gasteiger partial charge < -0.3 is 25.5 Å². The van der Waals surface area contributed by atoms with E-state index in [9.17, 15) is 0 Å². The van der Waals surface area contributed by atoms with Gasteiger partial charge in [-0.2, -0.15) is 0 Å². The number of hydrogen-bond acceptors (Lipinski definition) is 5. The fourth-order valence-corrected chi connectivity index (χ4v) is 0.608. The molecule has 0 rings (SSSR count). The summed E-state index contributed by atoms with van der Waals surface area (Å²) in [5.74, 6) is 0. The Morgan fingerprint density at radius 2 is 1.73 bits per heavy atom. The number of aliphatic hydroxyl groups excluding tert-OH is 4. The summed E-state index contributed by atoms with van der Waals surface area (Å²) in [6, 6.07) is 0. The van der Waals surface area contributed by atoms with E-state index in [1.165, 1.54) is 0 Å². The molecule has 0 heterocycles. The highest BCUT2D eigenvalue weighted by molar-refractivity contribution is 4.85. The van der Waals surface area contributed by atoms with Gasteiger partial charge in [0.2, 0.25) is 0 Å². The minimum atomic E-state index is -1.78. The second kappa shape index (κ2) is 3.99. The van der Waals surface area contributed by atoms with Gasteiger partial charge in [0.25, 0.3) is 0 Å². The minimum Gasteiger partial charge on any atom is -0.394 e. The Labute approximate surface area is 64.5 Å². The zero-order chi connectivity index (χ0) is 9.07. The van der Waals surface area contributed by atoms with Crippen molar-refractivity contribution < 1.29 is 25.5 Å². The first kappa shape index (κ1) is 10.8. The second-order valence-electron chi connectivity index (χ2n) is 2.71. The summed E-state index contributed by atoms with van der Waals surface area (Å²) in [5.41, 5.74) is -1.78. The lowest BCUT2D eigenvalue weighted by atomic mass is 9.96. The normalized spacial score (nSPS) is 22.4. The Hall–Kier alpha value is -0.200. The van der Waals surface area contributed by atoms with Crippen molar-refractivity contribution in [2.75, 3.05) is 13.2 Å². The molecule has 11 heavy (non-hydrogen) atoms. The lowest BCUT2D eigenvalue weighted by molar-refractivity contribution is -0.143. The summed E-state index contributed by atoms with van der Waals surface area (Å²) in [7, 11) is 0. The maximum atomic E-state index is 9.12. The van der Waals surface area contributed by atoms with Gasteiger partial charge in [-0.15, -0.1) is 0 Å². The molecule has 68 valence electrons. The van der Waals surface area contributed by atoms with Gasteiger partial charge >= 0.3 is 0 Å². The van der Waals surface area contributed by atoms with Crippen LogP contribution < -0.4 is 0 Å². The summed E-state index contributed by atoms with van der Waals surface area (Å²) in [6.45, 7) is -0.168. The van der Waals surface area contributed by atoms with Crippen molar-refractivity contribution in [2.45, 2.75) is 24.7 Å². The van der Waals surface area contributed by atoms with E-state index in [-0.39, 0.29) is 0 Å². The highest BCUT2D eigenvalue weighted by Crippen LogP contribution is 2.11. The first-order valence-electron chi connectivity index (χ1n) is 3.26. The van der Waals surface area contributed by atoms with Crippen LogP contribution in [0.2, 0.25) is 0 Å². The highest BCUT2D eigenvalue weighted by Gasteiger charge is 2.34. The van der Waals surface area contributed by atoms with Crippen molar-refractivity contribution in [1.29, 1.82) is 0 Å². The van der Waals surface area contributed by atoms with Crippen LogP contribution >= 0.6 is 0 Å². The molecule has 5 heteroatoms. The third-order valence-corrected chi connectivity index (χ3v) is 1.51. The standard InChI is InChI=1S/C6H14O5/c1-6(11,3-8)5(10)4(9)2-7/h4-5,7-11H,2-3H2,1H3/t4-,5-,6-/m1/s1. The molecule has 3 atom stereocenters. The van der Waals surface area contributed by atoms with Gasteiger partial charge in [0.15, 0.2) is 0 Å². The fourth-order valence-electron chi connectivity index (χ4n) is 0.608. The van der Waals surface area contributed by atoms with E-state index in [1.807, 2.05) is 0 Å². The van der Waals surface area contributed by atoms with E-state index in [0.29, 0.717) is 0 Å². The maximum absolute atomic E-state index is 9.12. The Bertz CT molecular complexity index is 114. The molecule has 0 radical (unpaired) electrons. The van der Waals surface area contributed by atoms with Crippen LogP contribution in [0.5, 0.6) is 0 Å². The van der Waals surface area contributed by atoms with E-state index in [4.69, 9.17) is 25.5 Å². The Balaban J connectivity index is 4.10. The van der Waals surface area contributed by atoms with Crippen LogP contribution in [0.1, 0.15) is 6.92 Å². The Morgan fingerprint density at radius 3 is 2.00 bits per heavy atom. The molecule has 0 aromatic carbocycles. The SMILES string of the molecule is C[C@@](O)(CO)[C@H](O)[C@H](O)CO. The van der Waals surface area contributed by atoms with E-state index in [2.05, 4.69) is 0 Å². The fraction of sp³-hybridized carbons (Fsp3) is 1.00. The first-order chi connectivity index (χ1) is 4.95. The van der Waals surface area contributed by atoms with E-state index in [0.717, 1.165) is 6.92 Å². The second-order valence-corrected chi connectivity index (χ2v) is 2.71. The molecule has 5 nitrogen and oxygen atoms in total. The van der Waals surface area contributed by atoms with Crippen LogP contribution in [0.25, 0.3) is 0 Å². The van der Waals surface area contributed by atoms with Crippen LogP contribution in [-0.4, -0.2) is 56.6 Å². The van der Waals surface area contributed by atoms with Crippen LogP contribution in [0, 0.1) is 0 Å². The third-order valence-electron chi connectivity index (χ3n) is 1.51. The third kappa shape index (κ3) is 2.72. The van der Waals surface area contributed by atoms with Gasteiger partial charge in [-0.05, 0) is 6.92 Å². The molecule has 5 N–H and O–H groups in total. The lowest BCUT2D eigenvalue weighted by Gasteiger charge is -2.29. The molecule has 0 unspecified atom stereocenters. The largest absolute Gasteiger partial charge is 0.394 e. The van der Waals surface area contributed by atoms with Crippen molar-refractivity contribution in [2.24, 2.45) is 0 Å². The summed E-state index contributed by atoms with van der Waals surface area (Å²) in [4.78, 5) is 0. The molecule has 0 bridgehead atoms. The summed E-state index contributed by atoms with van der Waals surface area (Å²) in [5, 5.41) is 43.8. The molecule has 0 aliphatic heterocycles. The zero-order valence-electron chi connectivity index (χ0n) is 6.30. The summed E-state index contributed by atoms with van der Waals surface area (Å²) < 4.78 is 0. The average Bonchev–Trinajstić information content (AvgIpc) is 2.01. The highest BCUT2D eigenvalue weighted by atomic mass is 16.4. The molecular weight excluding hydrogens is 152 g/mol. The molecule has 0 aromatic heterocycles.